The van der Waals surface area contributed by atoms with E-state index < -0.39 is 5.54 Å². The minimum Gasteiger partial charge on any atom is -0.491 e. The Morgan fingerprint density at radius 1 is 1.20 bits per heavy atom. The Balaban J connectivity index is 1.97. The Kier molecular flexibility index (Phi) is 4.65. The maximum atomic E-state index is 12.3. The van der Waals surface area contributed by atoms with Gasteiger partial charge in [0.25, 0.3) is 0 Å². The quantitative estimate of drug-likeness (QED) is 0.888. The van der Waals surface area contributed by atoms with Crippen LogP contribution in [0.3, 0.4) is 0 Å². The summed E-state index contributed by atoms with van der Waals surface area (Å²) >= 11 is 0. The van der Waals surface area contributed by atoms with Gasteiger partial charge in [-0.05, 0) is 51.0 Å². The highest BCUT2D eigenvalue weighted by atomic mass is 16.5. The molecule has 1 aromatic rings. The molecule has 0 heterocycles. The van der Waals surface area contributed by atoms with E-state index in [2.05, 4.69) is 5.32 Å². The van der Waals surface area contributed by atoms with Crippen LogP contribution in [0.1, 0.15) is 46.0 Å². The molecule has 0 atom stereocenters. The summed E-state index contributed by atoms with van der Waals surface area (Å²) in [7, 11) is 0. The number of nitrogens with one attached hydrogen (secondary N) is 1. The third-order valence-electron chi connectivity index (χ3n) is 3.68. The van der Waals surface area contributed by atoms with Crippen molar-refractivity contribution < 1.29 is 9.53 Å². The minimum absolute atomic E-state index is 0.0743. The van der Waals surface area contributed by atoms with E-state index >= 15 is 0 Å². The normalized spacial score (nSPS) is 17.8. The van der Waals surface area contributed by atoms with Crippen LogP contribution in [-0.2, 0) is 4.79 Å². The van der Waals surface area contributed by atoms with E-state index in [1.165, 1.54) is 6.42 Å². The number of benzene rings is 1. The molecule has 1 aromatic carbocycles. The van der Waals surface area contributed by atoms with Gasteiger partial charge in [-0.15, -0.1) is 0 Å². The molecule has 1 amide bonds. The Labute approximate surface area is 120 Å². The van der Waals surface area contributed by atoms with Gasteiger partial charge in [-0.1, -0.05) is 19.3 Å². The van der Waals surface area contributed by atoms with E-state index in [0.717, 1.165) is 37.1 Å². The molecule has 0 radical (unpaired) electrons. The number of ether oxygens (including phenoxy) is 1. The summed E-state index contributed by atoms with van der Waals surface area (Å²) in [6.45, 7) is 3.97. The lowest BCUT2D eigenvalue weighted by molar-refractivity contribution is -0.122. The molecule has 0 aromatic heterocycles. The molecule has 0 saturated heterocycles. The minimum atomic E-state index is -0.703. The average molecular weight is 276 g/mol. The zero-order valence-electron chi connectivity index (χ0n) is 12.3. The SMILES string of the molecule is CC(C)Oc1ccc(NC(=O)C2(N)CCCCC2)cc1. The van der Waals surface area contributed by atoms with Gasteiger partial charge in [-0.25, -0.2) is 0 Å². The van der Waals surface area contributed by atoms with E-state index in [1.807, 2.05) is 38.1 Å². The number of amides is 1. The number of carbonyl (C=O) groups is 1. The number of hydrogen-bond donors (Lipinski definition) is 2. The van der Waals surface area contributed by atoms with E-state index in [0.29, 0.717) is 0 Å². The maximum Gasteiger partial charge on any atom is 0.244 e. The average Bonchev–Trinajstić information content (AvgIpc) is 2.41. The number of hydrogen-bond acceptors (Lipinski definition) is 3. The predicted molar refractivity (Wildman–Crippen MR) is 80.8 cm³/mol. The summed E-state index contributed by atoms with van der Waals surface area (Å²) < 4.78 is 5.57. The topological polar surface area (TPSA) is 64.3 Å². The molecule has 1 saturated carbocycles. The monoisotopic (exact) mass is 276 g/mol. The van der Waals surface area contributed by atoms with Crippen molar-refractivity contribution in [1.29, 1.82) is 0 Å². The molecule has 20 heavy (non-hydrogen) atoms. The standard InChI is InChI=1S/C16H24N2O2/c1-12(2)20-14-8-6-13(7-9-14)18-15(19)16(17)10-4-3-5-11-16/h6-9,12H,3-5,10-11,17H2,1-2H3,(H,18,19). The van der Waals surface area contributed by atoms with Crippen LogP contribution in [0.5, 0.6) is 5.75 Å². The second-order valence-electron chi connectivity index (χ2n) is 5.86. The third kappa shape index (κ3) is 3.73. The van der Waals surface area contributed by atoms with E-state index in [4.69, 9.17) is 10.5 Å². The van der Waals surface area contributed by atoms with Crippen molar-refractivity contribution in [3.8, 4) is 5.75 Å². The summed E-state index contributed by atoms with van der Waals surface area (Å²) in [5.74, 6) is 0.729. The molecule has 2 rings (SSSR count). The Morgan fingerprint density at radius 3 is 2.35 bits per heavy atom. The first-order valence-electron chi connectivity index (χ1n) is 7.37. The second kappa shape index (κ2) is 6.27. The summed E-state index contributed by atoms with van der Waals surface area (Å²) in [5.41, 5.74) is 6.27. The van der Waals surface area contributed by atoms with Crippen LogP contribution in [0.15, 0.2) is 24.3 Å². The highest BCUT2D eigenvalue weighted by Gasteiger charge is 2.35. The summed E-state index contributed by atoms with van der Waals surface area (Å²) in [6, 6.07) is 7.42. The van der Waals surface area contributed by atoms with Gasteiger partial charge in [0.15, 0.2) is 0 Å². The lowest BCUT2D eigenvalue weighted by atomic mass is 9.82. The van der Waals surface area contributed by atoms with Gasteiger partial charge < -0.3 is 15.8 Å². The predicted octanol–water partition coefficient (Wildman–Crippen LogP) is 3.07. The Morgan fingerprint density at radius 2 is 1.80 bits per heavy atom. The Hall–Kier alpha value is -1.55. The molecule has 110 valence electrons. The molecule has 4 heteroatoms. The summed E-state index contributed by atoms with van der Waals surface area (Å²) in [6.07, 6.45) is 4.93. The van der Waals surface area contributed by atoms with E-state index in [1.54, 1.807) is 0 Å². The van der Waals surface area contributed by atoms with Gasteiger partial charge in [-0.2, -0.15) is 0 Å². The van der Waals surface area contributed by atoms with Gasteiger partial charge in [0, 0.05) is 5.69 Å². The van der Waals surface area contributed by atoms with Gasteiger partial charge in [0.05, 0.1) is 11.6 Å². The number of anilines is 1. The van der Waals surface area contributed by atoms with Crippen molar-refractivity contribution in [3.63, 3.8) is 0 Å². The van der Waals surface area contributed by atoms with Crippen molar-refractivity contribution >= 4 is 11.6 Å². The second-order valence-corrected chi connectivity index (χ2v) is 5.86. The van der Waals surface area contributed by atoms with Crippen molar-refractivity contribution in [3.05, 3.63) is 24.3 Å². The van der Waals surface area contributed by atoms with E-state index in [-0.39, 0.29) is 12.0 Å². The molecule has 0 spiro atoms. The number of rotatable bonds is 4. The Bertz CT molecular complexity index is 448. The van der Waals surface area contributed by atoms with Crippen molar-refractivity contribution in [2.45, 2.75) is 57.6 Å². The maximum absolute atomic E-state index is 12.3. The molecule has 3 N–H and O–H groups in total. The van der Waals surface area contributed by atoms with Crippen molar-refractivity contribution in [2.75, 3.05) is 5.32 Å². The first kappa shape index (κ1) is 14.9. The molecule has 0 unspecified atom stereocenters. The van der Waals surface area contributed by atoms with Crippen molar-refractivity contribution in [1.82, 2.24) is 0 Å². The number of nitrogens with two attached hydrogens (primary N) is 1. The third-order valence-corrected chi connectivity index (χ3v) is 3.68. The smallest absolute Gasteiger partial charge is 0.244 e. The molecule has 0 bridgehead atoms. The van der Waals surface area contributed by atoms with Crippen LogP contribution in [-0.4, -0.2) is 17.6 Å². The first-order chi connectivity index (χ1) is 9.49. The van der Waals surface area contributed by atoms with Crippen LogP contribution in [0, 0.1) is 0 Å². The molecule has 1 aliphatic rings. The van der Waals surface area contributed by atoms with Gasteiger partial charge in [0.1, 0.15) is 5.75 Å². The van der Waals surface area contributed by atoms with Gasteiger partial charge >= 0.3 is 0 Å². The van der Waals surface area contributed by atoms with Crippen molar-refractivity contribution in [2.24, 2.45) is 5.73 Å². The fourth-order valence-electron chi connectivity index (χ4n) is 2.55. The van der Waals surface area contributed by atoms with Crippen LogP contribution in [0.2, 0.25) is 0 Å². The van der Waals surface area contributed by atoms with Crippen LogP contribution >= 0.6 is 0 Å². The van der Waals surface area contributed by atoms with Gasteiger partial charge in [0.2, 0.25) is 5.91 Å². The van der Waals surface area contributed by atoms with E-state index in [9.17, 15) is 4.79 Å². The number of carbonyl (C=O) groups excluding carboxylic acids is 1. The highest BCUT2D eigenvalue weighted by Crippen LogP contribution is 2.27. The fourth-order valence-corrected chi connectivity index (χ4v) is 2.55. The molecule has 0 aliphatic heterocycles. The van der Waals surface area contributed by atoms with Gasteiger partial charge in [-0.3, -0.25) is 4.79 Å². The molecular weight excluding hydrogens is 252 g/mol. The van der Waals surface area contributed by atoms with Crippen LogP contribution < -0.4 is 15.8 Å². The fraction of sp³-hybridized carbons (Fsp3) is 0.562. The van der Waals surface area contributed by atoms with Crippen LogP contribution in [0.4, 0.5) is 5.69 Å². The molecule has 4 nitrogen and oxygen atoms in total. The molecule has 1 fully saturated rings. The lowest BCUT2D eigenvalue weighted by Crippen LogP contribution is -2.52. The zero-order chi connectivity index (χ0) is 14.6. The zero-order valence-corrected chi connectivity index (χ0v) is 12.3. The largest absolute Gasteiger partial charge is 0.491 e. The first-order valence-corrected chi connectivity index (χ1v) is 7.37. The molecule has 1 aliphatic carbocycles. The summed E-state index contributed by atoms with van der Waals surface area (Å²) in [4.78, 5) is 12.3. The van der Waals surface area contributed by atoms with Crippen LogP contribution in [0.25, 0.3) is 0 Å². The highest BCUT2D eigenvalue weighted by molar-refractivity contribution is 5.98. The lowest BCUT2D eigenvalue weighted by Gasteiger charge is -2.31. The molecular formula is C16H24N2O2. The summed E-state index contributed by atoms with van der Waals surface area (Å²) in [5, 5.41) is 2.91.